The first-order valence-electron chi connectivity index (χ1n) is 9.47. The molecule has 0 aliphatic carbocycles. The van der Waals surface area contributed by atoms with Crippen LogP contribution in [-0.4, -0.2) is 28.2 Å². The van der Waals surface area contributed by atoms with Crippen LogP contribution in [0.2, 0.25) is 0 Å². The molecule has 0 saturated carbocycles. The maximum atomic E-state index is 11.4. The Morgan fingerprint density at radius 2 is 1.83 bits per heavy atom. The van der Waals surface area contributed by atoms with Gasteiger partial charge in [-0.2, -0.15) is 5.10 Å². The van der Waals surface area contributed by atoms with Crippen LogP contribution in [0.1, 0.15) is 13.8 Å². The van der Waals surface area contributed by atoms with Gasteiger partial charge in [0.2, 0.25) is 16.0 Å². The van der Waals surface area contributed by atoms with Crippen molar-refractivity contribution in [3.05, 3.63) is 61.1 Å². The zero-order chi connectivity index (χ0) is 21.3. The monoisotopic (exact) mass is 422 g/mol. The van der Waals surface area contributed by atoms with Crippen molar-refractivity contribution >= 4 is 32.6 Å². The normalized spacial score (nSPS) is 11.9. The molecule has 0 radical (unpaired) electrons. The standard InChI is InChI=1S/C21H22N6O2S/c1-14(2)12-27-13-17(11-24-27)15-3-4-16-10-23-21(26-20(16)9-15)25-18-5-7-19(8-6-18)30(22,28)29/h3-11,13-14H,12H2,1-2H3,(H2,22,28,29)(H,23,25,26). The Kier molecular flexibility index (Phi) is 5.23. The number of primary sulfonamides is 1. The number of hydrogen-bond acceptors (Lipinski definition) is 6. The van der Waals surface area contributed by atoms with Gasteiger partial charge in [0.15, 0.2) is 0 Å². The van der Waals surface area contributed by atoms with E-state index < -0.39 is 10.0 Å². The lowest BCUT2D eigenvalue weighted by molar-refractivity contribution is 0.483. The molecule has 0 unspecified atom stereocenters. The topological polar surface area (TPSA) is 116 Å². The maximum Gasteiger partial charge on any atom is 0.238 e. The smallest absolute Gasteiger partial charge is 0.238 e. The fourth-order valence-electron chi connectivity index (χ4n) is 3.11. The van der Waals surface area contributed by atoms with E-state index in [0.29, 0.717) is 17.6 Å². The second-order valence-corrected chi connectivity index (χ2v) is 9.07. The first-order chi connectivity index (χ1) is 14.3. The molecular formula is C21H22N6O2S. The van der Waals surface area contributed by atoms with Crippen LogP contribution in [0.25, 0.3) is 22.0 Å². The summed E-state index contributed by atoms with van der Waals surface area (Å²) in [5, 5.41) is 13.6. The zero-order valence-electron chi connectivity index (χ0n) is 16.6. The molecule has 154 valence electrons. The number of nitrogens with zero attached hydrogens (tertiary/aromatic N) is 4. The molecule has 9 heteroatoms. The third-order valence-corrected chi connectivity index (χ3v) is 5.47. The van der Waals surface area contributed by atoms with Crippen LogP contribution in [0.3, 0.4) is 0 Å². The van der Waals surface area contributed by atoms with Gasteiger partial charge in [0, 0.05) is 35.6 Å². The van der Waals surface area contributed by atoms with E-state index in [1.165, 1.54) is 12.1 Å². The molecule has 0 bridgehead atoms. The molecule has 0 amide bonds. The lowest BCUT2D eigenvalue weighted by Gasteiger charge is -2.07. The van der Waals surface area contributed by atoms with Gasteiger partial charge in [-0.25, -0.2) is 23.5 Å². The lowest BCUT2D eigenvalue weighted by atomic mass is 10.1. The first-order valence-corrected chi connectivity index (χ1v) is 11.0. The summed E-state index contributed by atoms with van der Waals surface area (Å²) >= 11 is 0. The molecule has 3 N–H and O–H groups in total. The van der Waals surface area contributed by atoms with Crippen LogP contribution in [0, 0.1) is 5.92 Å². The van der Waals surface area contributed by atoms with Crippen molar-refractivity contribution in [2.45, 2.75) is 25.3 Å². The van der Waals surface area contributed by atoms with Crippen molar-refractivity contribution in [1.29, 1.82) is 0 Å². The number of hydrogen-bond donors (Lipinski definition) is 2. The van der Waals surface area contributed by atoms with Gasteiger partial charge in [0.25, 0.3) is 0 Å². The number of sulfonamides is 1. The van der Waals surface area contributed by atoms with Crippen molar-refractivity contribution < 1.29 is 8.42 Å². The van der Waals surface area contributed by atoms with E-state index in [2.05, 4.69) is 34.2 Å². The third-order valence-electron chi connectivity index (χ3n) is 4.54. The van der Waals surface area contributed by atoms with Gasteiger partial charge < -0.3 is 5.32 Å². The number of fused-ring (bicyclic) bond motifs is 1. The Bertz CT molecular complexity index is 1300. The summed E-state index contributed by atoms with van der Waals surface area (Å²) in [6.07, 6.45) is 5.64. The third kappa shape index (κ3) is 4.47. The second kappa shape index (κ2) is 7.85. The summed E-state index contributed by atoms with van der Waals surface area (Å²) < 4.78 is 24.7. The van der Waals surface area contributed by atoms with Gasteiger partial charge in [-0.1, -0.05) is 26.0 Å². The minimum Gasteiger partial charge on any atom is -0.324 e. The van der Waals surface area contributed by atoms with Gasteiger partial charge in [-0.3, -0.25) is 4.68 Å². The Morgan fingerprint density at radius 1 is 1.07 bits per heavy atom. The molecule has 2 heterocycles. The van der Waals surface area contributed by atoms with E-state index in [1.807, 2.05) is 35.3 Å². The zero-order valence-corrected chi connectivity index (χ0v) is 17.5. The Balaban J connectivity index is 1.59. The number of anilines is 2. The van der Waals surface area contributed by atoms with Gasteiger partial charge in [-0.15, -0.1) is 0 Å². The quantitative estimate of drug-likeness (QED) is 0.491. The highest BCUT2D eigenvalue weighted by Crippen LogP contribution is 2.24. The van der Waals surface area contributed by atoms with E-state index in [9.17, 15) is 8.42 Å². The minimum absolute atomic E-state index is 0.0511. The van der Waals surface area contributed by atoms with Crippen molar-refractivity contribution in [3.8, 4) is 11.1 Å². The number of aromatic nitrogens is 4. The predicted octanol–water partition coefficient (Wildman–Crippen LogP) is 3.54. The SMILES string of the molecule is CC(C)Cn1cc(-c2ccc3cnc(Nc4ccc(S(N)(=O)=O)cc4)nc3c2)cn1. The molecule has 2 aromatic carbocycles. The second-order valence-electron chi connectivity index (χ2n) is 7.51. The highest BCUT2D eigenvalue weighted by Gasteiger charge is 2.09. The lowest BCUT2D eigenvalue weighted by Crippen LogP contribution is -2.11. The molecule has 4 rings (SSSR count). The number of nitrogens with one attached hydrogen (secondary N) is 1. The number of rotatable bonds is 6. The first kappa shape index (κ1) is 20.0. The van der Waals surface area contributed by atoms with Gasteiger partial charge in [-0.05, 0) is 41.8 Å². The summed E-state index contributed by atoms with van der Waals surface area (Å²) in [6.45, 7) is 5.19. The summed E-state index contributed by atoms with van der Waals surface area (Å²) in [5.74, 6) is 0.938. The van der Waals surface area contributed by atoms with E-state index in [4.69, 9.17) is 5.14 Å². The molecule has 8 nitrogen and oxygen atoms in total. The minimum atomic E-state index is -3.72. The molecule has 30 heavy (non-hydrogen) atoms. The van der Waals surface area contributed by atoms with E-state index in [0.717, 1.165) is 28.6 Å². The highest BCUT2D eigenvalue weighted by atomic mass is 32.2. The Morgan fingerprint density at radius 3 is 2.53 bits per heavy atom. The molecule has 0 fully saturated rings. The molecule has 0 spiro atoms. The van der Waals surface area contributed by atoms with Crippen molar-refractivity contribution in [3.63, 3.8) is 0 Å². The average molecular weight is 423 g/mol. The maximum absolute atomic E-state index is 11.4. The van der Waals surface area contributed by atoms with Crippen LogP contribution < -0.4 is 10.5 Å². The van der Waals surface area contributed by atoms with Gasteiger partial charge >= 0.3 is 0 Å². The van der Waals surface area contributed by atoms with E-state index in [-0.39, 0.29) is 4.90 Å². The van der Waals surface area contributed by atoms with Crippen LogP contribution in [0.4, 0.5) is 11.6 Å². The number of benzene rings is 2. The largest absolute Gasteiger partial charge is 0.324 e. The number of nitrogens with two attached hydrogens (primary N) is 1. The summed E-state index contributed by atoms with van der Waals surface area (Å²) in [7, 11) is -3.72. The van der Waals surface area contributed by atoms with Crippen LogP contribution in [0.15, 0.2) is 66.0 Å². The van der Waals surface area contributed by atoms with Crippen molar-refractivity contribution in [2.24, 2.45) is 11.1 Å². The molecular weight excluding hydrogens is 400 g/mol. The van der Waals surface area contributed by atoms with Gasteiger partial charge in [0.1, 0.15) is 0 Å². The van der Waals surface area contributed by atoms with E-state index >= 15 is 0 Å². The summed E-state index contributed by atoms with van der Waals surface area (Å²) in [4.78, 5) is 8.97. The molecule has 0 saturated heterocycles. The van der Waals surface area contributed by atoms with Gasteiger partial charge in [0.05, 0.1) is 16.6 Å². The molecule has 2 aromatic heterocycles. The summed E-state index contributed by atoms with van der Waals surface area (Å²) in [5.41, 5.74) is 3.51. The molecule has 0 aliphatic heterocycles. The van der Waals surface area contributed by atoms with Crippen molar-refractivity contribution in [1.82, 2.24) is 19.7 Å². The van der Waals surface area contributed by atoms with E-state index in [1.54, 1.807) is 18.3 Å². The highest BCUT2D eigenvalue weighted by molar-refractivity contribution is 7.89. The van der Waals surface area contributed by atoms with Crippen molar-refractivity contribution in [2.75, 3.05) is 5.32 Å². The fourth-order valence-corrected chi connectivity index (χ4v) is 3.62. The predicted molar refractivity (Wildman–Crippen MR) is 117 cm³/mol. The fraction of sp³-hybridized carbons (Fsp3) is 0.190. The molecule has 0 atom stereocenters. The molecule has 0 aliphatic rings. The van der Waals surface area contributed by atoms with Crippen LogP contribution in [-0.2, 0) is 16.6 Å². The Labute approximate surface area is 174 Å². The summed E-state index contributed by atoms with van der Waals surface area (Å²) in [6, 6.07) is 12.1. The Hall–Kier alpha value is -3.30. The van der Waals surface area contributed by atoms with Crippen LogP contribution in [0.5, 0.6) is 0 Å². The van der Waals surface area contributed by atoms with Crippen LogP contribution >= 0.6 is 0 Å². The average Bonchev–Trinajstić information content (AvgIpc) is 3.15. The molecule has 4 aromatic rings.